The molecule has 2 N–H and O–H groups in total. The lowest BCUT2D eigenvalue weighted by atomic mass is 10.1. The van der Waals surface area contributed by atoms with Gasteiger partial charge in [0.25, 0.3) is 5.91 Å². The van der Waals surface area contributed by atoms with Gasteiger partial charge in [-0.2, -0.15) is 13.2 Å². The molecule has 0 aliphatic heterocycles. The van der Waals surface area contributed by atoms with Crippen molar-refractivity contribution in [2.24, 2.45) is 0 Å². The molecule has 0 atom stereocenters. The fourth-order valence-corrected chi connectivity index (χ4v) is 3.59. The number of imidazole rings is 1. The number of aromatic amines is 1. The van der Waals surface area contributed by atoms with E-state index in [-0.39, 0.29) is 11.4 Å². The van der Waals surface area contributed by atoms with Crippen LogP contribution in [-0.4, -0.2) is 53.6 Å². The SMILES string of the molecule is CCOc1cc(C(=O)NCCCN(CC)CC)ccc1-c1nc2ccc(C(F)(F)F)cc2[nH]1. The summed E-state index contributed by atoms with van der Waals surface area (Å²) >= 11 is 0. The average Bonchev–Trinajstić information content (AvgIpc) is 3.22. The molecule has 0 fully saturated rings. The Kier molecular flexibility index (Phi) is 7.97. The van der Waals surface area contributed by atoms with E-state index in [9.17, 15) is 18.0 Å². The maximum Gasteiger partial charge on any atom is 0.416 e. The Labute approximate surface area is 191 Å². The largest absolute Gasteiger partial charge is 0.493 e. The van der Waals surface area contributed by atoms with Crippen LogP contribution in [0.4, 0.5) is 13.2 Å². The Morgan fingerprint density at radius 3 is 2.55 bits per heavy atom. The minimum absolute atomic E-state index is 0.207. The lowest BCUT2D eigenvalue weighted by Gasteiger charge is -2.17. The van der Waals surface area contributed by atoms with Gasteiger partial charge in [0.2, 0.25) is 0 Å². The third kappa shape index (κ3) is 6.04. The van der Waals surface area contributed by atoms with Crippen LogP contribution in [0.2, 0.25) is 0 Å². The monoisotopic (exact) mass is 462 g/mol. The smallest absolute Gasteiger partial charge is 0.416 e. The van der Waals surface area contributed by atoms with Gasteiger partial charge in [-0.15, -0.1) is 0 Å². The van der Waals surface area contributed by atoms with Crippen molar-refractivity contribution >= 4 is 16.9 Å². The number of carbonyl (C=O) groups excluding carboxylic acids is 1. The van der Waals surface area contributed by atoms with Crippen LogP contribution in [0.15, 0.2) is 36.4 Å². The first-order chi connectivity index (χ1) is 15.8. The lowest BCUT2D eigenvalue weighted by molar-refractivity contribution is -0.137. The zero-order valence-electron chi connectivity index (χ0n) is 19.1. The second-order valence-corrected chi connectivity index (χ2v) is 7.60. The van der Waals surface area contributed by atoms with Gasteiger partial charge in [-0.3, -0.25) is 4.79 Å². The van der Waals surface area contributed by atoms with E-state index in [0.717, 1.165) is 38.2 Å². The van der Waals surface area contributed by atoms with Gasteiger partial charge >= 0.3 is 6.18 Å². The number of ether oxygens (including phenoxy) is 1. The van der Waals surface area contributed by atoms with E-state index in [0.29, 0.717) is 41.4 Å². The van der Waals surface area contributed by atoms with E-state index in [4.69, 9.17) is 4.74 Å². The van der Waals surface area contributed by atoms with Crippen LogP contribution >= 0.6 is 0 Å². The highest BCUT2D eigenvalue weighted by Gasteiger charge is 2.30. The predicted octanol–water partition coefficient (Wildman–Crippen LogP) is 5.11. The highest BCUT2D eigenvalue weighted by Crippen LogP contribution is 2.34. The van der Waals surface area contributed by atoms with E-state index in [1.54, 1.807) is 18.2 Å². The highest BCUT2D eigenvalue weighted by molar-refractivity contribution is 5.95. The molecule has 1 heterocycles. The second-order valence-electron chi connectivity index (χ2n) is 7.60. The molecule has 3 aromatic rings. The Morgan fingerprint density at radius 2 is 1.88 bits per heavy atom. The average molecular weight is 463 g/mol. The van der Waals surface area contributed by atoms with Crippen LogP contribution < -0.4 is 10.1 Å². The number of rotatable bonds is 10. The van der Waals surface area contributed by atoms with Gasteiger partial charge in [-0.05, 0) is 69.4 Å². The lowest BCUT2D eigenvalue weighted by Crippen LogP contribution is -2.29. The summed E-state index contributed by atoms with van der Waals surface area (Å²) in [4.78, 5) is 22.2. The minimum Gasteiger partial charge on any atom is -0.493 e. The molecule has 33 heavy (non-hydrogen) atoms. The summed E-state index contributed by atoms with van der Waals surface area (Å²) < 4.78 is 44.8. The summed E-state index contributed by atoms with van der Waals surface area (Å²) in [5.74, 6) is 0.601. The van der Waals surface area contributed by atoms with Crippen LogP contribution in [0, 0.1) is 0 Å². The van der Waals surface area contributed by atoms with Gasteiger partial charge in [0.05, 0.1) is 28.8 Å². The molecule has 0 aliphatic carbocycles. The quantitative estimate of drug-likeness (QED) is 0.411. The molecule has 0 bridgehead atoms. The molecule has 0 radical (unpaired) electrons. The van der Waals surface area contributed by atoms with Gasteiger partial charge in [0, 0.05) is 12.1 Å². The van der Waals surface area contributed by atoms with Crippen molar-refractivity contribution in [3.05, 3.63) is 47.5 Å². The topological polar surface area (TPSA) is 70.2 Å². The molecule has 0 spiro atoms. The number of nitrogens with one attached hydrogen (secondary N) is 2. The van der Waals surface area contributed by atoms with E-state index >= 15 is 0 Å². The number of H-pyrrole nitrogens is 1. The van der Waals surface area contributed by atoms with E-state index in [1.807, 2.05) is 6.92 Å². The number of aromatic nitrogens is 2. The van der Waals surface area contributed by atoms with Gasteiger partial charge in [-0.1, -0.05) is 13.8 Å². The molecule has 178 valence electrons. The fraction of sp³-hybridized carbons (Fsp3) is 0.417. The molecule has 1 amide bonds. The van der Waals surface area contributed by atoms with Crippen molar-refractivity contribution < 1.29 is 22.7 Å². The summed E-state index contributed by atoms with van der Waals surface area (Å²) in [7, 11) is 0. The zero-order valence-corrected chi connectivity index (χ0v) is 19.1. The molecule has 3 rings (SSSR count). The number of alkyl halides is 3. The van der Waals surface area contributed by atoms with E-state index in [2.05, 4.69) is 34.0 Å². The number of hydrogen-bond acceptors (Lipinski definition) is 4. The standard InChI is InChI=1S/C24H29F3N4O2/c1-4-31(5-2)13-7-12-28-23(32)16-8-10-18(21(14-16)33-6-3)22-29-19-11-9-17(24(25,26)27)15-20(19)30-22/h8-11,14-15H,4-7,12-13H2,1-3H3,(H,28,32)(H,29,30). The zero-order chi connectivity index (χ0) is 24.0. The number of amides is 1. The first-order valence-electron chi connectivity index (χ1n) is 11.1. The molecule has 2 aromatic carbocycles. The van der Waals surface area contributed by atoms with Gasteiger partial charge in [0.1, 0.15) is 11.6 Å². The van der Waals surface area contributed by atoms with Crippen LogP contribution in [0.3, 0.4) is 0 Å². The van der Waals surface area contributed by atoms with Crippen LogP contribution in [0.25, 0.3) is 22.4 Å². The Morgan fingerprint density at radius 1 is 1.12 bits per heavy atom. The molecule has 9 heteroatoms. The maximum atomic E-state index is 13.0. The predicted molar refractivity (Wildman–Crippen MR) is 122 cm³/mol. The molecular formula is C24H29F3N4O2. The van der Waals surface area contributed by atoms with E-state index in [1.165, 1.54) is 6.07 Å². The Balaban J connectivity index is 1.79. The van der Waals surface area contributed by atoms with E-state index < -0.39 is 11.7 Å². The van der Waals surface area contributed by atoms with Crippen molar-refractivity contribution in [2.75, 3.05) is 32.8 Å². The Hall–Kier alpha value is -3.07. The first-order valence-corrected chi connectivity index (χ1v) is 11.1. The van der Waals surface area contributed by atoms with Crippen molar-refractivity contribution in [1.82, 2.24) is 20.2 Å². The molecule has 0 saturated heterocycles. The number of fused-ring (bicyclic) bond motifs is 1. The van der Waals surface area contributed by atoms with Crippen LogP contribution in [0.1, 0.15) is 43.1 Å². The van der Waals surface area contributed by atoms with Crippen molar-refractivity contribution in [3.8, 4) is 17.1 Å². The summed E-state index contributed by atoms with van der Waals surface area (Å²) in [5, 5.41) is 2.92. The van der Waals surface area contributed by atoms with Crippen molar-refractivity contribution in [3.63, 3.8) is 0 Å². The maximum absolute atomic E-state index is 13.0. The molecular weight excluding hydrogens is 433 g/mol. The van der Waals surface area contributed by atoms with Crippen LogP contribution in [-0.2, 0) is 6.18 Å². The molecule has 0 saturated carbocycles. The molecule has 0 unspecified atom stereocenters. The minimum atomic E-state index is -4.43. The van der Waals surface area contributed by atoms with Crippen LogP contribution in [0.5, 0.6) is 5.75 Å². The number of halogens is 3. The molecule has 1 aromatic heterocycles. The van der Waals surface area contributed by atoms with Gasteiger partial charge in [-0.25, -0.2) is 4.98 Å². The molecule has 6 nitrogen and oxygen atoms in total. The summed E-state index contributed by atoms with van der Waals surface area (Å²) in [6.45, 7) is 9.82. The number of benzene rings is 2. The second kappa shape index (κ2) is 10.7. The number of hydrogen-bond donors (Lipinski definition) is 2. The summed E-state index contributed by atoms with van der Waals surface area (Å²) in [6, 6.07) is 8.35. The first kappa shape index (κ1) is 24.6. The third-order valence-corrected chi connectivity index (χ3v) is 5.44. The van der Waals surface area contributed by atoms with Gasteiger partial charge < -0.3 is 19.9 Å². The summed E-state index contributed by atoms with van der Waals surface area (Å²) in [6.07, 6.45) is -3.58. The van der Waals surface area contributed by atoms with Crippen molar-refractivity contribution in [2.45, 2.75) is 33.4 Å². The fourth-order valence-electron chi connectivity index (χ4n) is 3.59. The van der Waals surface area contributed by atoms with Crippen molar-refractivity contribution in [1.29, 1.82) is 0 Å². The molecule has 0 aliphatic rings. The summed E-state index contributed by atoms with van der Waals surface area (Å²) in [5.41, 5.74) is 0.955. The number of nitrogens with zero attached hydrogens (tertiary/aromatic N) is 2. The number of carbonyl (C=O) groups is 1. The highest BCUT2D eigenvalue weighted by atomic mass is 19.4. The third-order valence-electron chi connectivity index (χ3n) is 5.44. The normalized spacial score (nSPS) is 11.8. The Bertz CT molecular complexity index is 1090. The van der Waals surface area contributed by atoms with Gasteiger partial charge in [0.15, 0.2) is 0 Å².